The Hall–Kier alpha value is 0.752. The molecular formula is C12H7AsCl3Zr. The summed E-state index contributed by atoms with van der Waals surface area (Å²) in [7, 11) is 0. The molecule has 1 heterocycles. The maximum absolute atomic E-state index is 3.33. The molecule has 2 aromatic carbocycles. The van der Waals surface area contributed by atoms with Crippen LogP contribution in [-0.2, 0) is 26.2 Å². The van der Waals surface area contributed by atoms with Gasteiger partial charge in [0.25, 0.3) is 0 Å². The summed E-state index contributed by atoms with van der Waals surface area (Å²) in [4.78, 5) is 0. The molecule has 0 atom stereocenters. The Balaban J connectivity index is 0. The SMILES string of the molecule is [Cl-].[Cl-].[Cl-].[Zr+4].[c-]1cccc2c1-c1ccccc1[As]2. The molecule has 0 nitrogen and oxygen atoms in total. The Kier molecular flexibility index (Phi) is 10.4. The molecular weight excluding hydrogens is 417 g/mol. The molecule has 0 saturated carbocycles. The van der Waals surface area contributed by atoms with Crippen LogP contribution in [-0.4, -0.2) is 15.8 Å². The molecule has 85 valence electrons. The van der Waals surface area contributed by atoms with Crippen molar-refractivity contribution < 1.29 is 63.4 Å². The molecule has 5 heteroatoms. The molecule has 1 aliphatic rings. The summed E-state index contributed by atoms with van der Waals surface area (Å²) in [6.07, 6.45) is 0. The van der Waals surface area contributed by atoms with Crippen LogP contribution >= 0.6 is 0 Å². The van der Waals surface area contributed by atoms with Gasteiger partial charge in [-0.05, 0) is 0 Å². The molecule has 0 N–H and O–H groups in total. The van der Waals surface area contributed by atoms with Crippen LogP contribution in [0.3, 0.4) is 0 Å². The van der Waals surface area contributed by atoms with Gasteiger partial charge in [0.1, 0.15) is 0 Å². The van der Waals surface area contributed by atoms with Crippen LogP contribution in [0.25, 0.3) is 11.1 Å². The molecule has 2 aromatic rings. The normalized spacial score (nSPS) is 10.8. The van der Waals surface area contributed by atoms with E-state index in [1.165, 1.54) is 19.8 Å². The first-order chi connectivity index (χ1) is 6.45. The van der Waals surface area contributed by atoms with E-state index in [2.05, 4.69) is 42.5 Å². The summed E-state index contributed by atoms with van der Waals surface area (Å²) >= 11 is 0.219. The van der Waals surface area contributed by atoms with E-state index < -0.39 is 0 Å². The maximum atomic E-state index is 3.33. The first-order valence-electron chi connectivity index (χ1n) is 4.27. The van der Waals surface area contributed by atoms with Gasteiger partial charge >= 0.3 is 110 Å². The summed E-state index contributed by atoms with van der Waals surface area (Å²) < 4.78 is 3.02. The third-order valence-electron chi connectivity index (χ3n) is 2.25. The second-order valence-corrected chi connectivity index (χ2v) is 5.55. The van der Waals surface area contributed by atoms with Gasteiger partial charge in [-0.3, -0.25) is 0 Å². The van der Waals surface area contributed by atoms with E-state index >= 15 is 0 Å². The molecule has 0 saturated heterocycles. The minimum absolute atomic E-state index is 0. The van der Waals surface area contributed by atoms with Gasteiger partial charge in [-0.25, -0.2) is 0 Å². The zero-order valence-electron chi connectivity index (χ0n) is 8.62. The monoisotopic (exact) mass is 421 g/mol. The summed E-state index contributed by atoms with van der Waals surface area (Å²) in [5, 5.41) is 0. The summed E-state index contributed by atoms with van der Waals surface area (Å²) in [6.45, 7) is 0. The molecule has 1 radical (unpaired) electrons. The molecule has 0 spiro atoms. The number of halogens is 3. The number of hydrogen-bond acceptors (Lipinski definition) is 0. The van der Waals surface area contributed by atoms with Gasteiger partial charge in [-0.15, -0.1) is 0 Å². The molecule has 0 unspecified atom stereocenters. The molecule has 0 aliphatic carbocycles. The molecule has 0 aromatic heterocycles. The number of hydrogen-bond donors (Lipinski definition) is 0. The Morgan fingerprint density at radius 3 is 2.24 bits per heavy atom. The van der Waals surface area contributed by atoms with Crippen LogP contribution in [0.4, 0.5) is 0 Å². The summed E-state index contributed by atoms with van der Waals surface area (Å²) in [5.41, 5.74) is 2.73. The predicted octanol–water partition coefficient (Wildman–Crippen LogP) is -7.87. The Bertz CT molecular complexity index is 433. The average Bonchev–Trinajstić information content (AvgIpc) is 2.56. The van der Waals surface area contributed by atoms with Crippen LogP contribution in [0.1, 0.15) is 0 Å². The van der Waals surface area contributed by atoms with Crippen molar-refractivity contribution in [2.75, 3.05) is 0 Å². The van der Waals surface area contributed by atoms with Crippen LogP contribution < -0.4 is 45.9 Å². The second-order valence-electron chi connectivity index (χ2n) is 3.06. The zero-order chi connectivity index (χ0) is 8.67. The van der Waals surface area contributed by atoms with Crippen molar-refractivity contribution in [3.63, 3.8) is 0 Å². The molecule has 1 aliphatic heterocycles. The fourth-order valence-corrected chi connectivity index (χ4v) is 4.13. The molecule has 0 amide bonds. The van der Waals surface area contributed by atoms with Crippen molar-refractivity contribution in [3.05, 3.63) is 48.5 Å². The first-order valence-corrected chi connectivity index (χ1v) is 6.15. The van der Waals surface area contributed by atoms with E-state index in [4.69, 9.17) is 0 Å². The summed E-state index contributed by atoms with van der Waals surface area (Å²) in [6, 6.07) is 18.3. The van der Waals surface area contributed by atoms with E-state index in [0.29, 0.717) is 0 Å². The van der Waals surface area contributed by atoms with Gasteiger partial charge in [0.05, 0.1) is 0 Å². The second kappa shape index (κ2) is 8.78. The van der Waals surface area contributed by atoms with E-state index in [9.17, 15) is 0 Å². The van der Waals surface area contributed by atoms with E-state index in [-0.39, 0.29) is 79.2 Å². The van der Waals surface area contributed by atoms with Crippen molar-refractivity contribution >= 4 is 24.5 Å². The van der Waals surface area contributed by atoms with Crippen LogP contribution in [0.5, 0.6) is 0 Å². The van der Waals surface area contributed by atoms with Gasteiger partial charge in [-0.1, -0.05) is 0 Å². The van der Waals surface area contributed by atoms with Crippen molar-refractivity contribution in [1.82, 2.24) is 0 Å². The molecule has 0 fully saturated rings. The fraction of sp³-hybridized carbons (Fsp3) is 0. The van der Waals surface area contributed by atoms with Crippen molar-refractivity contribution in [2.45, 2.75) is 0 Å². The predicted molar refractivity (Wildman–Crippen MR) is 55.7 cm³/mol. The molecule has 3 rings (SSSR count). The van der Waals surface area contributed by atoms with E-state index in [1.54, 1.807) is 0 Å². The van der Waals surface area contributed by atoms with Gasteiger partial charge in [0, 0.05) is 0 Å². The number of benzene rings is 2. The minimum atomic E-state index is 0. The number of rotatable bonds is 0. The zero-order valence-corrected chi connectivity index (χ0v) is 15.2. The van der Waals surface area contributed by atoms with Crippen molar-refractivity contribution in [1.29, 1.82) is 0 Å². The van der Waals surface area contributed by atoms with Crippen LogP contribution in [0, 0.1) is 6.07 Å². The summed E-state index contributed by atoms with van der Waals surface area (Å²) in [5.74, 6) is 0. The van der Waals surface area contributed by atoms with Crippen LogP contribution in [0.2, 0.25) is 0 Å². The third-order valence-corrected chi connectivity index (χ3v) is 4.86. The standard InChI is InChI=1S/C12H7As.3ClH.Zr/c1-3-7-11-9(5-1)10-6-2-4-8-12(10)13-11;;;;/h1-5,7-8H;3*1H;/q-1;;;;+4/p-3. The Labute approximate surface area is 146 Å². The quantitative estimate of drug-likeness (QED) is 0.249. The van der Waals surface area contributed by atoms with Gasteiger partial charge < -0.3 is 37.2 Å². The Morgan fingerprint density at radius 1 is 0.824 bits per heavy atom. The van der Waals surface area contributed by atoms with E-state index in [0.717, 1.165) is 0 Å². The topological polar surface area (TPSA) is 0 Å². The van der Waals surface area contributed by atoms with E-state index in [1.807, 2.05) is 6.07 Å². The Morgan fingerprint density at radius 2 is 1.47 bits per heavy atom. The average molecular weight is 424 g/mol. The van der Waals surface area contributed by atoms with Gasteiger partial charge in [-0.2, -0.15) is 0 Å². The molecule has 0 bridgehead atoms. The number of fused-ring (bicyclic) bond motifs is 3. The fourth-order valence-electron chi connectivity index (χ4n) is 1.65. The third kappa shape index (κ3) is 3.85. The van der Waals surface area contributed by atoms with Crippen molar-refractivity contribution in [3.8, 4) is 11.1 Å². The van der Waals surface area contributed by atoms with Crippen molar-refractivity contribution in [2.24, 2.45) is 0 Å². The first kappa shape index (κ1) is 20.1. The van der Waals surface area contributed by atoms with Gasteiger partial charge in [0.2, 0.25) is 0 Å². The molecule has 17 heavy (non-hydrogen) atoms. The van der Waals surface area contributed by atoms with Gasteiger partial charge in [0.15, 0.2) is 0 Å². The van der Waals surface area contributed by atoms with Crippen LogP contribution in [0.15, 0.2) is 42.5 Å².